The molecule has 1 amide bonds. The number of benzene rings is 2. The number of amides is 1. The Balaban J connectivity index is 1.47. The maximum absolute atomic E-state index is 12.8. The predicted octanol–water partition coefficient (Wildman–Crippen LogP) is 2.94. The van der Waals surface area contributed by atoms with Gasteiger partial charge in [0.1, 0.15) is 0 Å². The summed E-state index contributed by atoms with van der Waals surface area (Å²) >= 11 is 0. The molecule has 1 aromatic heterocycles. The van der Waals surface area contributed by atoms with Crippen LogP contribution in [-0.2, 0) is 21.4 Å². The average Bonchev–Trinajstić information content (AvgIpc) is 2.74. The first-order valence-electron chi connectivity index (χ1n) is 9.80. The normalized spacial score (nSPS) is 15.3. The number of hydrogen-bond acceptors (Lipinski definition) is 3. The SMILES string of the molecule is O=C(C[n+]1ccc2ccccc2c1)Nc1cccc(S(=O)(=O)N2CCCCC2)c1. The lowest BCUT2D eigenvalue weighted by atomic mass is 10.2. The van der Waals surface area contributed by atoms with Crippen molar-refractivity contribution in [2.24, 2.45) is 0 Å². The standard InChI is InChI=1S/C22H23N3O3S/c26-22(17-24-14-11-18-7-2-3-8-19(18)16-24)23-20-9-6-10-21(15-20)29(27,28)25-12-4-1-5-13-25/h2-3,6-11,14-16H,1,4-5,12-13,17H2/p+1. The third-order valence-electron chi connectivity index (χ3n) is 5.14. The Morgan fingerprint density at radius 3 is 2.52 bits per heavy atom. The van der Waals surface area contributed by atoms with E-state index in [0.29, 0.717) is 18.8 Å². The molecule has 0 radical (unpaired) electrons. The van der Waals surface area contributed by atoms with Gasteiger partial charge in [-0.2, -0.15) is 8.87 Å². The summed E-state index contributed by atoms with van der Waals surface area (Å²) in [5.41, 5.74) is 0.481. The second-order valence-corrected chi connectivity index (χ2v) is 9.22. The number of piperidine rings is 1. The maximum atomic E-state index is 12.8. The third kappa shape index (κ3) is 4.46. The summed E-state index contributed by atoms with van der Waals surface area (Å²) < 4.78 is 29.0. The molecule has 6 nitrogen and oxygen atoms in total. The topological polar surface area (TPSA) is 70.4 Å². The molecule has 2 heterocycles. The molecular formula is C22H24N3O3S+. The summed E-state index contributed by atoms with van der Waals surface area (Å²) in [6, 6.07) is 16.4. The minimum atomic E-state index is -3.53. The summed E-state index contributed by atoms with van der Waals surface area (Å²) in [5, 5.41) is 4.98. The van der Waals surface area contributed by atoms with Crippen molar-refractivity contribution in [2.75, 3.05) is 18.4 Å². The molecule has 1 aliphatic rings. The molecule has 0 spiro atoms. The molecule has 7 heteroatoms. The molecule has 0 aliphatic carbocycles. The molecule has 0 bridgehead atoms. The van der Waals surface area contributed by atoms with E-state index in [2.05, 4.69) is 5.32 Å². The van der Waals surface area contributed by atoms with E-state index in [1.807, 2.05) is 47.3 Å². The van der Waals surface area contributed by atoms with Gasteiger partial charge >= 0.3 is 0 Å². The molecule has 0 atom stereocenters. The molecule has 1 aliphatic heterocycles. The average molecular weight is 411 g/mol. The quantitative estimate of drug-likeness (QED) is 0.658. The predicted molar refractivity (Wildman–Crippen MR) is 112 cm³/mol. The van der Waals surface area contributed by atoms with Gasteiger partial charge in [-0.15, -0.1) is 0 Å². The third-order valence-corrected chi connectivity index (χ3v) is 7.04. The van der Waals surface area contributed by atoms with Crippen LogP contribution in [0.5, 0.6) is 0 Å². The largest absolute Gasteiger partial charge is 0.321 e. The Kier molecular flexibility index (Phi) is 5.60. The lowest BCUT2D eigenvalue weighted by Gasteiger charge is -2.26. The number of nitrogens with zero attached hydrogens (tertiary/aromatic N) is 2. The van der Waals surface area contributed by atoms with Gasteiger partial charge in [0.2, 0.25) is 16.6 Å². The molecular weight excluding hydrogens is 386 g/mol. The van der Waals surface area contributed by atoms with Crippen LogP contribution in [0.1, 0.15) is 19.3 Å². The first kappa shape index (κ1) is 19.5. The van der Waals surface area contributed by atoms with Gasteiger partial charge in [-0.25, -0.2) is 8.42 Å². The Hall–Kier alpha value is -2.77. The first-order chi connectivity index (χ1) is 14.0. The van der Waals surface area contributed by atoms with Crippen LogP contribution < -0.4 is 9.88 Å². The van der Waals surface area contributed by atoms with Crippen molar-refractivity contribution in [1.29, 1.82) is 0 Å². The molecule has 1 N–H and O–H groups in total. The fraction of sp³-hybridized carbons (Fsp3) is 0.273. The van der Waals surface area contributed by atoms with Gasteiger partial charge in [0, 0.05) is 30.2 Å². The number of sulfonamides is 1. The van der Waals surface area contributed by atoms with Gasteiger partial charge in [-0.3, -0.25) is 4.79 Å². The number of hydrogen-bond donors (Lipinski definition) is 1. The van der Waals surface area contributed by atoms with Crippen molar-refractivity contribution in [3.63, 3.8) is 0 Å². The van der Waals surface area contributed by atoms with Gasteiger partial charge < -0.3 is 5.32 Å². The van der Waals surface area contributed by atoms with Crippen LogP contribution >= 0.6 is 0 Å². The van der Waals surface area contributed by atoms with Crippen molar-refractivity contribution in [3.8, 4) is 0 Å². The van der Waals surface area contributed by atoms with E-state index in [-0.39, 0.29) is 17.3 Å². The molecule has 2 aromatic carbocycles. The lowest BCUT2D eigenvalue weighted by Crippen LogP contribution is -2.39. The van der Waals surface area contributed by atoms with Crippen molar-refractivity contribution >= 4 is 32.4 Å². The van der Waals surface area contributed by atoms with Crippen LogP contribution in [0.15, 0.2) is 71.9 Å². The number of rotatable bonds is 5. The van der Waals surface area contributed by atoms with Crippen LogP contribution in [0, 0.1) is 0 Å². The summed E-state index contributed by atoms with van der Waals surface area (Å²) in [5.74, 6) is -0.210. The Morgan fingerprint density at radius 2 is 1.72 bits per heavy atom. The van der Waals surface area contributed by atoms with Gasteiger partial charge in [-0.1, -0.05) is 30.7 Å². The zero-order chi connectivity index (χ0) is 20.3. The van der Waals surface area contributed by atoms with Crippen LogP contribution in [0.3, 0.4) is 0 Å². The lowest BCUT2D eigenvalue weighted by molar-refractivity contribution is -0.682. The Morgan fingerprint density at radius 1 is 0.966 bits per heavy atom. The Labute approximate surface area is 170 Å². The van der Waals surface area contributed by atoms with E-state index in [1.165, 1.54) is 10.4 Å². The molecule has 0 unspecified atom stereocenters. The van der Waals surface area contributed by atoms with Gasteiger partial charge in [-0.05, 0) is 42.5 Å². The highest BCUT2D eigenvalue weighted by atomic mass is 32.2. The van der Waals surface area contributed by atoms with Crippen LogP contribution in [0.2, 0.25) is 0 Å². The molecule has 150 valence electrons. The second kappa shape index (κ2) is 8.31. The van der Waals surface area contributed by atoms with Gasteiger partial charge in [0.25, 0.3) is 5.91 Å². The number of aromatic nitrogens is 1. The van der Waals surface area contributed by atoms with E-state index in [4.69, 9.17) is 0 Å². The fourth-order valence-electron chi connectivity index (χ4n) is 3.63. The summed E-state index contributed by atoms with van der Waals surface area (Å²) in [6.07, 6.45) is 6.62. The Bertz CT molecular complexity index is 1140. The highest BCUT2D eigenvalue weighted by molar-refractivity contribution is 7.89. The second-order valence-electron chi connectivity index (χ2n) is 7.29. The molecule has 29 heavy (non-hydrogen) atoms. The molecule has 1 saturated heterocycles. The minimum absolute atomic E-state index is 0.147. The van der Waals surface area contributed by atoms with Gasteiger partial charge in [0.15, 0.2) is 12.4 Å². The van der Waals surface area contributed by atoms with E-state index in [0.717, 1.165) is 30.0 Å². The van der Waals surface area contributed by atoms with Crippen molar-refractivity contribution in [1.82, 2.24) is 4.31 Å². The molecule has 0 saturated carbocycles. The van der Waals surface area contributed by atoms with Crippen LogP contribution in [0.4, 0.5) is 5.69 Å². The van der Waals surface area contributed by atoms with Gasteiger partial charge in [0.05, 0.1) is 4.90 Å². The number of fused-ring (bicyclic) bond motifs is 1. The zero-order valence-electron chi connectivity index (χ0n) is 16.1. The maximum Gasteiger partial charge on any atom is 0.290 e. The number of carbonyl (C=O) groups is 1. The van der Waals surface area contributed by atoms with Crippen LogP contribution in [-0.4, -0.2) is 31.7 Å². The number of carbonyl (C=O) groups excluding carboxylic acids is 1. The summed E-state index contributed by atoms with van der Waals surface area (Å²) in [7, 11) is -3.53. The van der Waals surface area contributed by atoms with E-state index >= 15 is 0 Å². The molecule has 4 rings (SSSR count). The summed E-state index contributed by atoms with van der Waals surface area (Å²) in [4.78, 5) is 12.7. The van der Waals surface area contributed by atoms with E-state index in [1.54, 1.807) is 18.2 Å². The van der Waals surface area contributed by atoms with Crippen LogP contribution in [0.25, 0.3) is 10.8 Å². The highest BCUT2D eigenvalue weighted by Crippen LogP contribution is 2.22. The molecule has 1 fully saturated rings. The highest BCUT2D eigenvalue weighted by Gasteiger charge is 2.26. The zero-order valence-corrected chi connectivity index (χ0v) is 16.9. The van der Waals surface area contributed by atoms with E-state index < -0.39 is 10.0 Å². The van der Waals surface area contributed by atoms with Crippen molar-refractivity contribution in [2.45, 2.75) is 30.7 Å². The number of anilines is 1. The summed E-state index contributed by atoms with van der Waals surface area (Å²) in [6.45, 7) is 1.25. The number of nitrogens with one attached hydrogen (secondary N) is 1. The fourth-order valence-corrected chi connectivity index (χ4v) is 5.19. The van der Waals surface area contributed by atoms with Crippen molar-refractivity contribution < 1.29 is 17.8 Å². The van der Waals surface area contributed by atoms with E-state index in [9.17, 15) is 13.2 Å². The monoisotopic (exact) mass is 410 g/mol. The smallest absolute Gasteiger partial charge is 0.290 e. The number of pyridine rings is 1. The minimum Gasteiger partial charge on any atom is -0.321 e. The molecule has 3 aromatic rings. The van der Waals surface area contributed by atoms with Crippen molar-refractivity contribution in [3.05, 3.63) is 67.0 Å². The first-order valence-corrected chi connectivity index (χ1v) is 11.2.